The Morgan fingerprint density at radius 3 is 2.47 bits per heavy atom. The van der Waals surface area contributed by atoms with E-state index >= 15 is 0 Å². The Kier molecular flexibility index (Phi) is 9.02. The second-order valence-corrected chi connectivity index (χ2v) is 7.09. The van der Waals surface area contributed by atoms with Crippen molar-refractivity contribution < 1.29 is 0 Å². The van der Waals surface area contributed by atoms with Gasteiger partial charge in [-0.1, -0.05) is 56.0 Å². The van der Waals surface area contributed by atoms with Crippen LogP contribution in [-0.2, 0) is 6.42 Å². The molecule has 0 saturated heterocycles. The lowest BCUT2D eigenvalue weighted by Crippen LogP contribution is -2.02. The molecule has 0 saturated carbocycles. The molecule has 0 aliphatic heterocycles. The highest BCUT2D eigenvalue weighted by Crippen LogP contribution is 2.27. The Hall–Kier alpha value is 0.150. The first kappa shape index (κ1) is 17.2. The third kappa shape index (κ3) is 6.92. The first-order chi connectivity index (χ1) is 9.15. The molecule has 0 N–H and O–H groups in total. The molecule has 0 aliphatic rings. The smallest absolute Gasteiger partial charge is 0.0452 e. The second-order valence-electron chi connectivity index (χ2n) is 5.13. The summed E-state index contributed by atoms with van der Waals surface area (Å²) in [5, 5.41) is 1.60. The summed E-state index contributed by atoms with van der Waals surface area (Å²) < 4.78 is 0. The van der Waals surface area contributed by atoms with Crippen LogP contribution in [0.3, 0.4) is 0 Å². The summed E-state index contributed by atoms with van der Waals surface area (Å²) in [6, 6.07) is 5.75. The van der Waals surface area contributed by atoms with Gasteiger partial charge in [0.1, 0.15) is 0 Å². The lowest BCUT2D eigenvalue weighted by Gasteiger charge is -2.12. The van der Waals surface area contributed by atoms with Crippen LogP contribution in [0.5, 0.6) is 0 Å². The second kappa shape index (κ2) is 9.96. The molecule has 108 valence electrons. The number of thioether (sulfide) groups is 1. The predicted octanol–water partition coefficient (Wildman–Crippen LogP) is 6.49. The summed E-state index contributed by atoms with van der Waals surface area (Å²) in [5.41, 5.74) is 1.11. The fourth-order valence-corrected chi connectivity index (χ4v) is 3.71. The number of benzene rings is 1. The first-order valence-electron chi connectivity index (χ1n) is 7.15. The van der Waals surface area contributed by atoms with Crippen LogP contribution >= 0.6 is 35.0 Å². The molecular weight excluding hydrogens is 295 g/mol. The van der Waals surface area contributed by atoms with Gasteiger partial charge in [-0.05, 0) is 54.4 Å². The van der Waals surface area contributed by atoms with E-state index in [4.69, 9.17) is 23.2 Å². The number of halogens is 2. The highest BCUT2D eigenvalue weighted by Gasteiger charge is 2.08. The summed E-state index contributed by atoms with van der Waals surface area (Å²) in [5.74, 6) is 3.26. The van der Waals surface area contributed by atoms with E-state index in [1.807, 2.05) is 18.2 Å². The minimum absolute atomic E-state index is 0.721. The van der Waals surface area contributed by atoms with Crippen molar-refractivity contribution in [2.24, 2.45) is 5.92 Å². The maximum Gasteiger partial charge on any atom is 0.0452 e. The zero-order chi connectivity index (χ0) is 14.1. The van der Waals surface area contributed by atoms with Crippen molar-refractivity contribution in [2.45, 2.75) is 46.0 Å². The molecule has 0 nitrogen and oxygen atoms in total. The van der Waals surface area contributed by atoms with Gasteiger partial charge in [-0.25, -0.2) is 0 Å². The van der Waals surface area contributed by atoms with Gasteiger partial charge < -0.3 is 0 Å². The van der Waals surface area contributed by atoms with Crippen LogP contribution in [0, 0.1) is 5.92 Å². The molecule has 0 heterocycles. The van der Waals surface area contributed by atoms with Crippen molar-refractivity contribution in [3.05, 3.63) is 33.8 Å². The van der Waals surface area contributed by atoms with Gasteiger partial charge in [-0.3, -0.25) is 0 Å². The predicted molar refractivity (Wildman–Crippen MR) is 90.8 cm³/mol. The van der Waals surface area contributed by atoms with Crippen LogP contribution in [0.1, 0.15) is 45.1 Å². The van der Waals surface area contributed by atoms with Crippen molar-refractivity contribution >= 4 is 35.0 Å². The SMILES string of the molecule is CCCCCSCC(C)CCc1c(Cl)cccc1Cl. The maximum absolute atomic E-state index is 6.18. The zero-order valence-electron chi connectivity index (χ0n) is 11.9. The monoisotopic (exact) mass is 318 g/mol. The summed E-state index contributed by atoms with van der Waals surface area (Å²) in [4.78, 5) is 0. The summed E-state index contributed by atoms with van der Waals surface area (Å²) in [6.07, 6.45) is 6.15. The Morgan fingerprint density at radius 1 is 1.16 bits per heavy atom. The highest BCUT2D eigenvalue weighted by molar-refractivity contribution is 7.99. The van der Waals surface area contributed by atoms with E-state index < -0.39 is 0 Å². The molecule has 0 radical (unpaired) electrons. The Morgan fingerprint density at radius 2 is 1.84 bits per heavy atom. The minimum Gasteiger partial charge on any atom is -0.162 e. The molecule has 1 unspecified atom stereocenters. The number of rotatable bonds is 9. The molecule has 19 heavy (non-hydrogen) atoms. The van der Waals surface area contributed by atoms with E-state index in [-0.39, 0.29) is 0 Å². The Bertz CT molecular complexity index is 346. The largest absolute Gasteiger partial charge is 0.162 e. The Labute approximate surface area is 132 Å². The molecular formula is C16H24Cl2S. The van der Waals surface area contributed by atoms with Crippen LogP contribution in [0.4, 0.5) is 0 Å². The van der Waals surface area contributed by atoms with Gasteiger partial charge in [0.05, 0.1) is 0 Å². The van der Waals surface area contributed by atoms with Crippen LogP contribution in [0.2, 0.25) is 10.0 Å². The van der Waals surface area contributed by atoms with E-state index in [1.165, 1.54) is 30.8 Å². The standard InChI is InChI=1S/C16H24Cl2S/c1-3-4-5-11-19-12-13(2)9-10-14-15(17)7-6-8-16(14)18/h6-8,13H,3-5,9-12H2,1-2H3. The molecule has 3 heteroatoms. The molecule has 1 aromatic rings. The van der Waals surface area contributed by atoms with Gasteiger partial charge in [0, 0.05) is 10.0 Å². The quantitative estimate of drug-likeness (QED) is 0.469. The van der Waals surface area contributed by atoms with Crippen molar-refractivity contribution in [1.82, 2.24) is 0 Å². The third-order valence-electron chi connectivity index (χ3n) is 3.24. The fourth-order valence-electron chi connectivity index (χ4n) is 1.98. The molecule has 0 aromatic heterocycles. The lowest BCUT2D eigenvalue weighted by molar-refractivity contribution is 0.596. The number of hydrogen-bond acceptors (Lipinski definition) is 1. The molecule has 1 rings (SSSR count). The van der Waals surface area contributed by atoms with Gasteiger partial charge in [0.25, 0.3) is 0 Å². The molecule has 0 spiro atoms. The van der Waals surface area contributed by atoms with Crippen molar-refractivity contribution in [3.63, 3.8) is 0 Å². The summed E-state index contributed by atoms with van der Waals surface area (Å²) in [7, 11) is 0. The molecule has 0 fully saturated rings. The third-order valence-corrected chi connectivity index (χ3v) is 5.33. The topological polar surface area (TPSA) is 0 Å². The maximum atomic E-state index is 6.18. The van der Waals surface area contributed by atoms with Gasteiger partial charge in [0.15, 0.2) is 0 Å². The van der Waals surface area contributed by atoms with E-state index in [9.17, 15) is 0 Å². The van der Waals surface area contributed by atoms with Crippen LogP contribution in [-0.4, -0.2) is 11.5 Å². The first-order valence-corrected chi connectivity index (χ1v) is 9.06. The number of unbranched alkanes of at least 4 members (excludes halogenated alkanes) is 2. The van der Waals surface area contributed by atoms with E-state index in [0.717, 1.165) is 34.4 Å². The normalized spacial score (nSPS) is 12.6. The zero-order valence-corrected chi connectivity index (χ0v) is 14.3. The average molecular weight is 319 g/mol. The van der Waals surface area contributed by atoms with Crippen LogP contribution in [0.25, 0.3) is 0 Å². The van der Waals surface area contributed by atoms with Crippen molar-refractivity contribution in [1.29, 1.82) is 0 Å². The van der Waals surface area contributed by atoms with Gasteiger partial charge in [-0.2, -0.15) is 11.8 Å². The van der Waals surface area contributed by atoms with Gasteiger partial charge in [-0.15, -0.1) is 0 Å². The molecule has 1 aromatic carbocycles. The molecule has 1 atom stereocenters. The molecule has 0 aliphatic carbocycles. The number of hydrogen-bond donors (Lipinski definition) is 0. The highest BCUT2D eigenvalue weighted by atomic mass is 35.5. The van der Waals surface area contributed by atoms with E-state index in [0.29, 0.717) is 0 Å². The Balaban J connectivity index is 2.24. The van der Waals surface area contributed by atoms with Crippen molar-refractivity contribution in [3.8, 4) is 0 Å². The van der Waals surface area contributed by atoms with Crippen LogP contribution < -0.4 is 0 Å². The van der Waals surface area contributed by atoms with Gasteiger partial charge >= 0.3 is 0 Å². The molecule has 0 amide bonds. The lowest BCUT2D eigenvalue weighted by atomic mass is 10.0. The van der Waals surface area contributed by atoms with Gasteiger partial charge in [0.2, 0.25) is 0 Å². The summed E-state index contributed by atoms with van der Waals surface area (Å²) >= 11 is 14.4. The van der Waals surface area contributed by atoms with E-state index in [1.54, 1.807) is 0 Å². The average Bonchev–Trinajstić information content (AvgIpc) is 2.38. The molecule has 0 bridgehead atoms. The van der Waals surface area contributed by atoms with E-state index in [2.05, 4.69) is 25.6 Å². The minimum atomic E-state index is 0.721. The fraction of sp³-hybridized carbons (Fsp3) is 0.625. The van der Waals surface area contributed by atoms with Crippen LogP contribution in [0.15, 0.2) is 18.2 Å². The summed E-state index contributed by atoms with van der Waals surface area (Å²) in [6.45, 7) is 4.57. The van der Waals surface area contributed by atoms with Crippen molar-refractivity contribution in [2.75, 3.05) is 11.5 Å².